The minimum absolute atomic E-state index is 0.0536. The Hall–Kier alpha value is -2.74. The number of hydrogen-bond acceptors (Lipinski definition) is 7. The molecule has 122 valence electrons. The summed E-state index contributed by atoms with van der Waals surface area (Å²) in [7, 11) is 1.20. The maximum atomic E-state index is 11.5. The van der Waals surface area contributed by atoms with Crippen molar-refractivity contribution in [1.82, 2.24) is 0 Å². The van der Waals surface area contributed by atoms with Crippen molar-refractivity contribution in [2.75, 3.05) is 7.11 Å². The molecule has 0 aliphatic heterocycles. The summed E-state index contributed by atoms with van der Waals surface area (Å²) < 4.78 is 14.2. The Bertz CT molecular complexity index is 619. The van der Waals surface area contributed by atoms with Crippen molar-refractivity contribution in [2.24, 2.45) is 0 Å². The summed E-state index contributed by atoms with van der Waals surface area (Å²) in [6, 6.07) is 6.41. The van der Waals surface area contributed by atoms with Crippen LogP contribution in [0, 0.1) is 0 Å². The van der Waals surface area contributed by atoms with Crippen molar-refractivity contribution in [3.63, 3.8) is 0 Å². The molecule has 0 saturated carbocycles. The molecule has 0 aromatic heterocycles. The third kappa shape index (κ3) is 7.18. The van der Waals surface area contributed by atoms with E-state index >= 15 is 0 Å². The van der Waals surface area contributed by atoms with Gasteiger partial charge in [0, 0.05) is 11.6 Å². The Kier molecular flexibility index (Phi) is 7.41. The molecule has 1 rings (SSSR count). The molecule has 0 amide bonds. The summed E-state index contributed by atoms with van der Waals surface area (Å²) in [6.07, 6.45) is 2.18. The van der Waals surface area contributed by atoms with Gasteiger partial charge in [-0.3, -0.25) is 4.79 Å². The van der Waals surface area contributed by atoms with E-state index in [-0.39, 0.29) is 12.0 Å². The van der Waals surface area contributed by atoms with Gasteiger partial charge in [0.05, 0.1) is 13.5 Å². The van der Waals surface area contributed by atoms with Crippen LogP contribution in [0.4, 0.5) is 0 Å². The molecule has 1 aromatic rings. The maximum absolute atomic E-state index is 11.5. The fraction of sp³-hybridized carbons (Fsp3) is 0.133. The number of carboxylic acid groups (broad SMARTS) is 1. The summed E-state index contributed by atoms with van der Waals surface area (Å²) >= 11 is 0.427. The molecule has 0 bridgehead atoms. The monoisotopic (exact) mass is 338 g/mol. The van der Waals surface area contributed by atoms with E-state index in [0.29, 0.717) is 23.6 Å². The van der Waals surface area contributed by atoms with Gasteiger partial charge in [0.25, 0.3) is 12.3 Å². The van der Waals surface area contributed by atoms with Crippen LogP contribution in [0.25, 0.3) is 6.08 Å². The fourth-order valence-electron chi connectivity index (χ4n) is 1.27. The first-order chi connectivity index (χ1) is 10.9. The van der Waals surface area contributed by atoms with E-state index in [1.807, 2.05) is 0 Å². The largest absolute Gasteiger partial charge is 0.478 e. The zero-order valence-electron chi connectivity index (χ0n) is 12.2. The smallest absolute Gasteiger partial charge is 0.348 e. The molecule has 0 aliphatic carbocycles. The molecule has 7 nitrogen and oxygen atoms in total. The highest BCUT2D eigenvalue weighted by molar-refractivity contribution is 7.90. The topological polar surface area (TPSA) is 99.1 Å². The standard InChI is InChI=1S/C15H14O7S/c1-10(9-14(18)20-2)15(19)22-23-21-12-6-3-11(4-7-12)5-8-13(16)17/h3-8H,1,9H2,2H3,(H,16,17)/b8-5+. The van der Waals surface area contributed by atoms with Gasteiger partial charge in [0.15, 0.2) is 0 Å². The molecule has 0 unspecified atom stereocenters. The second kappa shape index (κ2) is 9.31. The Balaban J connectivity index is 2.41. The van der Waals surface area contributed by atoms with Crippen molar-refractivity contribution in [3.05, 3.63) is 48.1 Å². The third-order valence-electron chi connectivity index (χ3n) is 2.41. The van der Waals surface area contributed by atoms with Crippen molar-refractivity contribution in [1.29, 1.82) is 0 Å². The zero-order chi connectivity index (χ0) is 17.2. The van der Waals surface area contributed by atoms with Crippen LogP contribution in [0.2, 0.25) is 0 Å². The number of aliphatic carboxylic acids is 1. The van der Waals surface area contributed by atoms with E-state index in [2.05, 4.69) is 11.3 Å². The highest BCUT2D eigenvalue weighted by atomic mass is 32.2. The van der Waals surface area contributed by atoms with E-state index in [1.54, 1.807) is 24.3 Å². The number of hydrogen-bond donors (Lipinski definition) is 1. The lowest BCUT2D eigenvalue weighted by Crippen LogP contribution is -2.09. The highest BCUT2D eigenvalue weighted by Crippen LogP contribution is 2.19. The van der Waals surface area contributed by atoms with Gasteiger partial charge < -0.3 is 18.2 Å². The van der Waals surface area contributed by atoms with Crippen LogP contribution in [-0.2, 0) is 23.3 Å². The van der Waals surface area contributed by atoms with Crippen LogP contribution < -0.4 is 4.18 Å². The van der Waals surface area contributed by atoms with E-state index in [1.165, 1.54) is 13.2 Å². The number of rotatable bonds is 8. The third-order valence-corrected chi connectivity index (χ3v) is 2.89. The first kappa shape index (κ1) is 18.3. The van der Waals surface area contributed by atoms with Crippen LogP contribution in [0.15, 0.2) is 42.5 Å². The number of esters is 1. The van der Waals surface area contributed by atoms with Crippen molar-refractivity contribution >= 4 is 36.3 Å². The zero-order valence-corrected chi connectivity index (χ0v) is 13.0. The van der Waals surface area contributed by atoms with Gasteiger partial charge in [-0.2, -0.15) is 0 Å². The van der Waals surface area contributed by atoms with E-state index in [4.69, 9.17) is 13.5 Å². The van der Waals surface area contributed by atoms with E-state index < -0.39 is 17.9 Å². The van der Waals surface area contributed by atoms with Crippen LogP contribution in [0.3, 0.4) is 0 Å². The van der Waals surface area contributed by atoms with Crippen molar-refractivity contribution in [3.8, 4) is 5.75 Å². The van der Waals surface area contributed by atoms with Gasteiger partial charge in [-0.1, -0.05) is 18.7 Å². The number of carbonyl (C=O) groups is 3. The SMILES string of the molecule is C=C(CC(=O)OC)C(=O)OSOc1ccc(/C=C/C(=O)O)cc1. The number of carbonyl (C=O) groups excluding carboxylic acids is 2. The predicted molar refractivity (Wildman–Crippen MR) is 83.2 cm³/mol. The summed E-state index contributed by atoms with van der Waals surface area (Å²) in [5, 5.41) is 8.51. The Morgan fingerprint density at radius 2 is 1.91 bits per heavy atom. The molecular weight excluding hydrogens is 324 g/mol. The summed E-state index contributed by atoms with van der Waals surface area (Å²) in [5.74, 6) is -2.03. The molecule has 8 heteroatoms. The van der Waals surface area contributed by atoms with Crippen molar-refractivity contribution < 1.29 is 32.6 Å². The summed E-state index contributed by atoms with van der Waals surface area (Å²) in [4.78, 5) is 32.9. The molecule has 0 atom stereocenters. The minimum Gasteiger partial charge on any atom is -0.478 e. The predicted octanol–water partition coefficient (Wildman–Crippen LogP) is 2.39. The molecular formula is C15H14O7S. The molecule has 0 radical (unpaired) electrons. The Morgan fingerprint density at radius 1 is 1.26 bits per heavy atom. The number of ether oxygens (including phenoxy) is 1. The number of methoxy groups -OCH3 is 1. The van der Waals surface area contributed by atoms with Crippen LogP contribution in [-0.4, -0.2) is 30.1 Å². The average molecular weight is 338 g/mol. The molecule has 1 aromatic carbocycles. The van der Waals surface area contributed by atoms with Gasteiger partial charge in [0.2, 0.25) is 0 Å². The molecule has 0 heterocycles. The van der Waals surface area contributed by atoms with Gasteiger partial charge in [-0.25, -0.2) is 9.59 Å². The minimum atomic E-state index is -1.04. The second-order valence-corrected chi connectivity index (χ2v) is 4.59. The normalized spacial score (nSPS) is 10.1. The lowest BCUT2D eigenvalue weighted by molar-refractivity contribution is -0.141. The van der Waals surface area contributed by atoms with E-state index in [0.717, 1.165) is 6.08 Å². The van der Waals surface area contributed by atoms with Gasteiger partial charge in [-0.15, -0.1) is 0 Å². The fourth-order valence-corrected chi connectivity index (χ4v) is 1.67. The van der Waals surface area contributed by atoms with Crippen molar-refractivity contribution in [2.45, 2.75) is 6.42 Å². The van der Waals surface area contributed by atoms with Crippen LogP contribution in [0.1, 0.15) is 12.0 Å². The number of benzene rings is 1. The first-order valence-electron chi connectivity index (χ1n) is 6.23. The Morgan fingerprint density at radius 3 is 2.48 bits per heavy atom. The highest BCUT2D eigenvalue weighted by Gasteiger charge is 2.14. The lowest BCUT2D eigenvalue weighted by Gasteiger charge is -2.05. The second-order valence-electron chi connectivity index (χ2n) is 4.12. The van der Waals surface area contributed by atoms with Crippen LogP contribution in [0.5, 0.6) is 5.75 Å². The maximum Gasteiger partial charge on any atom is 0.348 e. The summed E-state index contributed by atoms with van der Waals surface area (Å²) in [5.41, 5.74) is 0.621. The number of carboxylic acids is 1. The summed E-state index contributed by atoms with van der Waals surface area (Å²) in [6.45, 7) is 3.41. The molecule has 0 spiro atoms. The van der Waals surface area contributed by atoms with Gasteiger partial charge >= 0.3 is 17.9 Å². The van der Waals surface area contributed by atoms with Crippen LogP contribution >= 0.6 is 12.3 Å². The van der Waals surface area contributed by atoms with Gasteiger partial charge in [-0.05, 0) is 23.8 Å². The molecule has 0 saturated heterocycles. The molecule has 1 N–H and O–H groups in total. The van der Waals surface area contributed by atoms with E-state index in [9.17, 15) is 14.4 Å². The first-order valence-corrected chi connectivity index (χ1v) is 6.90. The molecule has 23 heavy (non-hydrogen) atoms. The Labute approximate surface area is 136 Å². The molecule has 0 fully saturated rings. The lowest BCUT2D eigenvalue weighted by atomic mass is 10.2. The average Bonchev–Trinajstić information content (AvgIpc) is 2.53. The quantitative estimate of drug-likeness (QED) is 0.438. The molecule has 0 aliphatic rings. The van der Waals surface area contributed by atoms with Gasteiger partial charge in [0.1, 0.15) is 5.75 Å².